The van der Waals surface area contributed by atoms with Gasteiger partial charge in [-0.3, -0.25) is 14.3 Å². The minimum atomic E-state index is -0.130. The largest absolute Gasteiger partial charge is 0.325 e. The number of aromatic nitrogens is 4. The summed E-state index contributed by atoms with van der Waals surface area (Å²) < 4.78 is 2.02. The molecule has 0 aliphatic carbocycles. The first-order valence-electron chi connectivity index (χ1n) is 9.67. The molecule has 0 bridgehead atoms. The van der Waals surface area contributed by atoms with Crippen molar-refractivity contribution in [1.29, 1.82) is 0 Å². The first-order chi connectivity index (χ1) is 15.1. The van der Waals surface area contributed by atoms with Crippen molar-refractivity contribution in [3.05, 3.63) is 89.2 Å². The molecular formula is C23H20ClN5OS. The molecule has 0 atom stereocenters. The first-order valence-corrected chi connectivity index (χ1v) is 11.0. The molecule has 0 saturated heterocycles. The van der Waals surface area contributed by atoms with Crippen molar-refractivity contribution in [2.45, 2.75) is 18.6 Å². The average Bonchev–Trinajstić information content (AvgIpc) is 3.19. The Morgan fingerprint density at radius 1 is 1.03 bits per heavy atom. The summed E-state index contributed by atoms with van der Waals surface area (Å²) in [4.78, 5) is 16.6. The van der Waals surface area contributed by atoms with E-state index < -0.39 is 0 Å². The van der Waals surface area contributed by atoms with Crippen LogP contribution in [0.3, 0.4) is 0 Å². The third kappa shape index (κ3) is 5.13. The molecule has 0 fully saturated rings. The number of nitrogens with one attached hydrogen (secondary N) is 1. The summed E-state index contributed by atoms with van der Waals surface area (Å²) in [6.07, 6.45) is 3.45. The molecule has 0 unspecified atom stereocenters. The second-order valence-corrected chi connectivity index (χ2v) is 8.21. The van der Waals surface area contributed by atoms with Crippen LogP contribution in [0.2, 0.25) is 5.02 Å². The third-order valence-corrected chi connectivity index (χ3v) is 6.09. The molecule has 2 aromatic heterocycles. The van der Waals surface area contributed by atoms with Gasteiger partial charge in [-0.25, -0.2) is 0 Å². The fourth-order valence-electron chi connectivity index (χ4n) is 3.08. The molecule has 4 rings (SSSR count). The SMILES string of the molecule is Cc1c(Cl)cccc1NC(=O)CSc1nnc(-c2ccncc2)n1Cc1ccccc1. The van der Waals surface area contributed by atoms with E-state index >= 15 is 0 Å². The molecule has 4 aromatic rings. The molecule has 31 heavy (non-hydrogen) atoms. The monoisotopic (exact) mass is 449 g/mol. The Bertz CT molecular complexity index is 1180. The molecule has 0 aliphatic rings. The van der Waals surface area contributed by atoms with Gasteiger partial charge >= 0.3 is 0 Å². The fraction of sp³-hybridized carbons (Fsp3) is 0.130. The number of anilines is 1. The minimum absolute atomic E-state index is 0.130. The van der Waals surface area contributed by atoms with Gasteiger partial charge in [-0.2, -0.15) is 0 Å². The maximum absolute atomic E-state index is 12.6. The highest BCUT2D eigenvalue weighted by Crippen LogP contribution is 2.26. The van der Waals surface area contributed by atoms with E-state index in [4.69, 9.17) is 11.6 Å². The number of benzene rings is 2. The zero-order valence-corrected chi connectivity index (χ0v) is 18.4. The number of rotatable bonds is 7. The Balaban J connectivity index is 1.54. The number of hydrogen-bond acceptors (Lipinski definition) is 5. The van der Waals surface area contributed by atoms with Crippen LogP contribution in [-0.4, -0.2) is 31.4 Å². The van der Waals surface area contributed by atoms with Gasteiger partial charge in [-0.1, -0.05) is 59.8 Å². The van der Waals surface area contributed by atoms with Gasteiger partial charge in [-0.15, -0.1) is 10.2 Å². The van der Waals surface area contributed by atoms with Crippen molar-refractivity contribution in [1.82, 2.24) is 19.7 Å². The summed E-state index contributed by atoms with van der Waals surface area (Å²) >= 11 is 7.49. The van der Waals surface area contributed by atoms with E-state index in [0.29, 0.717) is 22.4 Å². The van der Waals surface area contributed by atoms with Gasteiger partial charge in [0.25, 0.3) is 0 Å². The standard InChI is InChI=1S/C23H20ClN5OS/c1-16-19(24)8-5-9-20(16)26-21(30)15-31-23-28-27-22(18-10-12-25-13-11-18)29(23)14-17-6-3-2-4-7-17/h2-13H,14-15H2,1H3,(H,26,30). The summed E-state index contributed by atoms with van der Waals surface area (Å²) in [7, 11) is 0. The van der Waals surface area contributed by atoms with Crippen LogP contribution in [0.15, 0.2) is 78.2 Å². The highest BCUT2D eigenvalue weighted by molar-refractivity contribution is 7.99. The quantitative estimate of drug-likeness (QED) is 0.398. The molecule has 6 nitrogen and oxygen atoms in total. The van der Waals surface area contributed by atoms with Crippen LogP contribution in [-0.2, 0) is 11.3 Å². The molecule has 0 spiro atoms. The normalized spacial score (nSPS) is 10.8. The van der Waals surface area contributed by atoms with E-state index in [1.807, 2.05) is 54.0 Å². The summed E-state index contributed by atoms with van der Waals surface area (Å²) in [5, 5.41) is 13.0. The van der Waals surface area contributed by atoms with Gasteiger partial charge in [0.15, 0.2) is 11.0 Å². The molecule has 1 amide bonds. The van der Waals surface area contributed by atoms with E-state index in [0.717, 1.165) is 22.5 Å². The summed E-state index contributed by atoms with van der Waals surface area (Å²) in [5.41, 5.74) is 3.60. The number of pyridine rings is 1. The summed E-state index contributed by atoms with van der Waals surface area (Å²) in [5.74, 6) is 0.810. The highest BCUT2D eigenvalue weighted by atomic mass is 35.5. The molecule has 0 radical (unpaired) electrons. The van der Waals surface area contributed by atoms with E-state index in [-0.39, 0.29) is 11.7 Å². The van der Waals surface area contributed by atoms with Crippen molar-refractivity contribution in [3.63, 3.8) is 0 Å². The number of halogens is 1. The number of thioether (sulfide) groups is 1. The van der Waals surface area contributed by atoms with Gasteiger partial charge in [0.05, 0.1) is 12.3 Å². The topological polar surface area (TPSA) is 72.7 Å². The van der Waals surface area contributed by atoms with Gasteiger partial charge in [0.1, 0.15) is 0 Å². The van der Waals surface area contributed by atoms with Crippen LogP contribution in [0.5, 0.6) is 0 Å². The lowest BCUT2D eigenvalue weighted by molar-refractivity contribution is -0.113. The molecule has 0 saturated carbocycles. The summed E-state index contributed by atoms with van der Waals surface area (Å²) in [6, 6.07) is 19.3. The van der Waals surface area contributed by atoms with Crippen molar-refractivity contribution in [2.75, 3.05) is 11.1 Å². The molecule has 2 heterocycles. The number of carbonyl (C=O) groups excluding carboxylic acids is 1. The van der Waals surface area contributed by atoms with E-state index in [9.17, 15) is 4.79 Å². The van der Waals surface area contributed by atoms with E-state index in [1.165, 1.54) is 11.8 Å². The number of carbonyl (C=O) groups is 1. The molecule has 0 aliphatic heterocycles. The zero-order valence-electron chi connectivity index (χ0n) is 16.8. The third-order valence-electron chi connectivity index (χ3n) is 4.71. The fourth-order valence-corrected chi connectivity index (χ4v) is 3.99. The van der Waals surface area contributed by atoms with Crippen molar-refractivity contribution in [3.8, 4) is 11.4 Å². The molecular weight excluding hydrogens is 430 g/mol. The minimum Gasteiger partial charge on any atom is -0.325 e. The Morgan fingerprint density at radius 2 is 1.81 bits per heavy atom. The van der Waals surface area contributed by atoms with Crippen LogP contribution >= 0.6 is 23.4 Å². The van der Waals surface area contributed by atoms with Gasteiger partial charge in [0.2, 0.25) is 5.91 Å². The van der Waals surface area contributed by atoms with Crippen LogP contribution in [0.1, 0.15) is 11.1 Å². The Hall–Kier alpha value is -3.16. The smallest absolute Gasteiger partial charge is 0.234 e. The van der Waals surface area contributed by atoms with Crippen molar-refractivity contribution < 1.29 is 4.79 Å². The molecule has 1 N–H and O–H groups in total. The lowest BCUT2D eigenvalue weighted by atomic mass is 10.2. The lowest BCUT2D eigenvalue weighted by Gasteiger charge is -2.11. The average molecular weight is 450 g/mol. The maximum Gasteiger partial charge on any atom is 0.234 e. The van der Waals surface area contributed by atoms with Crippen LogP contribution in [0.25, 0.3) is 11.4 Å². The van der Waals surface area contributed by atoms with Crippen LogP contribution in [0, 0.1) is 6.92 Å². The first kappa shape index (κ1) is 21.1. The van der Waals surface area contributed by atoms with Gasteiger partial charge in [0, 0.05) is 28.7 Å². The van der Waals surface area contributed by atoms with E-state index in [2.05, 4.69) is 32.6 Å². The van der Waals surface area contributed by atoms with Crippen molar-refractivity contribution >= 4 is 35.0 Å². The predicted molar refractivity (Wildman–Crippen MR) is 124 cm³/mol. The Morgan fingerprint density at radius 3 is 2.58 bits per heavy atom. The summed E-state index contributed by atoms with van der Waals surface area (Å²) in [6.45, 7) is 2.48. The van der Waals surface area contributed by atoms with Gasteiger partial charge in [-0.05, 0) is 42.3 Å². The second-order valence-electron chi connectivity index (χ2n) is 6.86. The van der Waals surface area contributed by atoms with Gasteiger partial charge < -0.3 is 5.32 Å². The Kier molecular flexibility index (Phi) is 6.64. The number of amides is 1. The predicted octanol–water partition coefficient (Wildman–Crippen LogP) is 5.08. The number of hydrogen-bond donors (Lipinski definition) is 1. The highest BCUT2D eigenvalue weighted by Gasteiger charge is 2.16. The molecule has 2 aromatic carbocycles. The van der Waals surface area contributed by atoms with Crippen molar-refractivity contribution in [2.24, 2.45) is 0 Å². The van der Waals surface area contributed by atoms with Crippen LogP contribution in [0.4, 0.5) is 5.69 Å². The second kappa shape index (κ2) is 9.76. The Labute approximate surface area is 189 Å². The molecule has 156 valence electrons. The maximum atomic E-state index is 12.6. The van der Waals surface area contributed by atoms with E-state index in [1.54, 1.807) is 18.5 Å². The zero-order chi connectivity index (χ0) is 21.6. The molecule has 8 heteroatoms. The lowest BCUT2D eigenvalue weighted by Crippen LogP contribution is -2.15. The number of nitrogens with zero attached hydrogens (tertiary/aromatic N) is 4. The van der Waals surface area contributed by atoms with Crippen LogP contribution < -0.4 is 5.32 Å².